The summed E-state index contributed by atoms with van der Waals surface area (Å²) in [7, 11) is 0. The van der Waals surface area contributed by atoms with Gasteiger partial charge in [0.25, 0.3) is 0 Å². The lowest BCUT2D eigenvalue weighted by atomic mass is 10.1. The minimum absolute atomic E-state index is 0.762. The van der Waals surface area contributed by atoms with Gasteiger partial charge >= 0.3 is 0 Å². The third-order valence-electron chi connectivity index (χ3n) is 2.33. The van der Waals surface area contributed by atoms with E-state index in [1.54, 1.807) is 0 Å². The molecule has 0 unspecified atom stereocenters. The fourth-order valence-corrected chi connectivity index (χ4v) is 1.74. The summed E-state index contributed by atoms with van der Waals surface area (Å²) in [6, 6.07) is 0. The Hall–Kier alpha value is -0.510. The molecule has 3 heteroatoms. The van der Waals surface area contributed by atoms with Crippen LogP contribution in [0, 0.1) is 0 Å². The molecule has 2 N–H and O–H groups in total. The lowest BCUT2D eigenvalue weighted by Gasteiger charge is -2.02. The van der Waals surface area contributed by atoms with Crippen LogP contribution < -0.4 is 5.14 Å². The third kappa shape index (κ3) is 6.55. The maximum Gasteiger partial charge on any atom is 0.0758 e. The Morgan fingerprint density at radius 1 is 1.27 bits per heavy atom. The molecular weight excluding hydrogens is 206 g/mol. The van der Waals surface area contributed by atoms with Crippen molar-refractivity contribution in [3.8, 4) is 0 Å². The molecule has 0 aliphatic heterocycles. The number of unbranched alkanes of at least 4 members (excludes halogenated alkanes) is 2. The average Bonchev–Trinajstić information content (AvgIpc) is 2.52. The van der Waals surface area contributed by atoms with Crippen molar-refractivity contribution in [3.63, 3.8) is 0 Å². The minimum atomic E-state index is 0.762. The zero-order valence-corrected chi connectivity index (χ0v) is 9.84. The zero-order chi connectivity index (χ0) is 10.8. The summed E-state index contributed by atoms with van der Waals surface area (Å²) in [4.78, 5) is 0. The fourth-order valence-electron chi connectivity index (χ4n) is 1.52. The van der Waals surface area contributed by atoms with E-state index in [1.165, 1.54) is 24.8 Å². The van der Waals surface area contributed by atoms with Crippen LogP contribution in [0.5, 0.6) is 0 Å². The van der Waals surface area contributed by atoms with Crippen molar-refractivity contribution in [2.24, 2.45) is 5.14 Å². The standard InChI is InChI=1S/C12H19NOS/c13-15-14-11-7-3-6-10-12-8-4-1-2-5-9-12/h1-2,4,8-9H,3,5-7,10-11,13H2. The van der Waals surface area contributed by atoms with E-state index in [9.17, 15) is 0 Å². The predicted octanol–water partition coefficient (Wildman–Crippen LogP) is 3.53. The summed E-state index contributed by atoms with van der Waals surface area (Å²) in [6.45, 7) is 0.762. The van der Waals surface area contributed by atoms with Gasteiger partial charge in [-0.3, -0.25) is 5.14 Å². The van der Waals surface area contributed by atoms with Gasteiger partial charge in [-0.05, 0) is 25.7 Å². The maximum atomic E-state index is 5.15. The zero-order valence-electron chi connectivity index (χ0n) is 9.02. The summed E-state index contributed by atoms with van der Waals surface area (Å²) in [5.74, 6) is 0. The highest BCUT2D eigenvalue weighted by atomic mass is 32.2. The van der Waals surface area contributed by atoms with Gasteiger partial charge in [-0.1, -0.05) is 42.4 Å². The molecule has 0 spiro atoms. The first kappa shape index (κ1) is 12.6. The molecule has 0 saturated carbocycles. The van der Waals surface area contributed by atoms with Crippen LogP contribution in [0.3, 0.4) is 0 Å². The molecule has 0 bridgehead atoms. The lowest BCUT2D eigenvalue weighted by molar-refractivity contribution is 0.357. The van der Waals surface area contributed by atoms with Crippen LogP contribution in [0.25, 0.3) is 0 Å². The van der Waals surface area contributed by atoms with E-state index in [4.69, 9.17) is 9.32 Å². The molecule has 0 aromatic heterocycles. The molecule has 15 heavy (non-hydrogen) atoms. The van der Waals surface area contributed by atoms with Crippen LogP contribution in [-0.2, 0) is 4.18 Å². The molecule has 1 aliphatic rings. The fraction of sp³-hybridized carbons (Fsp3) is 0.500. The number of allylic oxidation sites excluding steroid dienone is 6. The Labute approximate surface area is 96.6 Å². The molecule has 0 heterocycles. The highest BCUT2D eigenvalue weighted by molar-refractivity contribution is 7.92. The first-order valence-electron chi connectivity index (χ1n) is 5.44. The molecule has 0 amide bonds. The highest BCUT2D eigenvalue weighted by Gasteiger charge is 1.95. The molecule has 0 fully saturated rings. The Morgan fingerprint density at radius 3 is 3.07 bits per heavy atom. The van der Waals surface area contributed by atoms with Crippen LogP contribution in [0.2, 0.25) is 0 Å². The number of nitrogens with two attached hydrogens (primary N) is 1. The number of rotatable bonds is 7. The Morgan fingerprint density at radius 2 is 2.20 bits per heavy atom. The third-order valence-corrected chi connectivity index (χ3v) is 2.64. The second kappa shape index (κ2) is 8.77. The molecule has 84 valence electrons. The molecule has 0 radical (unpaired) electrons. The topological polar surface area (TPSA) is 35.2 Å². The van der Waals surface area contributed by atoms with Crippen molar-refractivity contribution < 1.29 is 4.18 Å². The van der Waals surface area contributed by atoms with Gasteiger partial charge in [-0.25, -0.2) is 0 Å². The second-order valence-corrected chi connectivity index (χ2v) is 3.96. The largest absolute Gasteiger partial charge is 0.301 e. The number of hydrogen-bond acceptors (Lipinski definition) is 3. The molecule has 1 rings (SSSR count). The monoisotopic (exact) mass is 225 g/mol. The summed E-state index contributed by atoms with van der Waals surface area (Å²) in [6.07, 6.45) is 16.7. The molecule has 0 saturated heterocycles. The Kier molecular flexibility index (Phi) is 7.34. The van der Waals surface area contributed by atoms with E-state index in [1.807, 2.05) is 0 Å². The van der Waals surface area contributed by atoms with Gasteiger partial charge in [-0.2, -0.15) is 0 Å². The highest BCUT2D eigenvalue weighted by Crippen LogP contribution is 2.13. The van der Waals surface area contributed by atoms with Gasteiger partial charge in [0, 0.05) is 0 Å². The van der Waals surface area contributed by atoms with Crippen LogP contribution in [0.15, 0.2) is 36.0 Å². The van der Waals surface area contributed by atoms with Gasteiger partial charge in [0.1, 0.15) is 0 Å². The van der Waals surface area contributed by atoms with Crippen molar-refractivity contribution in [1.82, 2.24) is 0 Å². The number of hydrogen-bond donors (Lipinski definition) is 1. The Bertz CT molecular complexity index is 246. The van der Waals surface area contributed by atoms with Crippen molar-refractivity contribution in [3.05, 3.63) is 36.0 Å². The Balaban J connectivity index is 2.02. The van der Waals surface area contributed by atoms with E-state index in [2.05, 4.69) is 30.4 Å². The normalized spacial score (nSPS) is 15.1. The molecule has 0 aromatic rings. The second-order valence-electron chi connectivity index (χ2n) is 3.53. The van der Waals surface area contributed by atoms with Crippen LogP contribution in [0.4, 0.5) is 0 Å². The SMILES string of the molecule is NSOCCCCCC1=CCC=CC=C1. The van der Waals surface area contributed by atoms with Crippen LogP contribution >= 0.6 is 12.2 Å². The molecule has 0 atom stereocenters. The minimum Gasteiger partial charge on any atom is -0.301 e. The van der Waals surface area contributed by atoms with E-state index in [0.29, 0.717) is 0 Å². The van der Waals surface area contributed by atoms with Crippen molar-refractivity contribution >= 4 is 12.2 Å². The summed E-state index contributed by atoms with van der Waals surface area (Å²) >= 11 is 0.960. The lowest BCUT2D eigenvalue weighted by Crippen LogP contribution is -1.90. The molecular formula is C12H19NOS. The smallest absolute Gasteiger partial charge is 0.0758 e. The molecule has 1 aliphatic carbocycles. The van der Waals surface area contributed by atoms with Crippen molar-refractivity contribution in [2.45, 2.75) is 32.1 Å². The maximum absolute atomic E-state index is 5.15. The van der Waals surface area contributed by atoms with E-state index < -0.39 is 0 Å². The van der Waals surface area contributed by atoms with Gasteiger partial charge in [0.05, 0.1) is 18.8 Å². The average molecular weight is 225 g/mol. The molecule has 0 aromatic carbocycles. The molecule has 2 nitrogen and oxygen atoms in total. The van der Waals surface area contributed by atoms with E-state index in [-0.39, 0.29) is 0 Å². The predicted molar refractivity (Wildman–Crippen MR) is 67.2 cm³/mol. The first-order valence-corrected chi connectivity index (χ1v) is 6.24. The quantitative estimate of drug-likeness (QED) is 0.409. The van der Waals surface area contributed by atoms with E-state index in [0.717, 1.165) is 31.7 Å². The van der Waals surface area contributed by atoms with Gasteiger partial charge < -0.3 is 4.18 Å². The van der Waals surface area contributed by atoms with Crippen LogP contribution in [0.1, 0.15) is 32.1 Å². The van der Waals surface area contributed by atoms with Gasteiger partial charge in [0.2, 0.25) is 0 Å². The van der Waals surface area contributed by atoms with Crippen molar-refractivity contribution in [2.75, 3.05) is 6.61 Å². The van der Waals surface area contributed by atoms with Crippen LogP contribution in [-0.4, -0.2) is 6.61 Å². The van der Waals surface area contributed by atoms with Crippen molar-refractivity contribution in [1.29, 1.82) is 0 Å². The summed E-state index contributed by atoms with van der Waals surface area (Å²) in [5, 5.41) is 5.15. The summed E-state index contributed by atoms with van der Waals surface area (Å²) in [5.41, 5.74) is 1.45. The van der Waals surface area contributed by atoms with Gasteiger partial charge in [-0.15, -0.1) is 0 Å². The van der Waals surface area contributed by atoms with E-state index >= 15 is 0 Å². The summed E-state index contributed by atoms with van der Waals surface area (Å²) < 4.78 is 5.00. The van der Waals surface area contributed by atoms with Gasteiger partial charge in [0.15, 0.2) is 0 Å². The first-order chi connectivity index (χ1) is 7.43.